The van der Waals surface area contributed by atoms with E-state index in [-0.39, 0.29) is 0 Å². The van der Waals surface area contributed by atoms with Crippen LogP contribution >= 0.6 is 0 Å². The number of furan rings is 1. The third-order valence-corrected chi connectivity index (χ3v) is 4.22. The number of nitrogens with zero attached hydrogens (tertiary/aromatic N) is 3. The number of hydrogen-bond donors (Lipinski definition) is 3. The van der Waals surface area contributed by atoms with Crippen LogP contribution in [0, 0.1) is 0 Å². The minimum Gasteiger partial charge on any atom is -0.467 e. The largest absolute Gasteiger partial charge is 0.467 e. The summed E-state index contributed by atoms with van der Waals surface area (Å²) in [6, 6.07) is 24.0. The molecule has 0 aliphatic heterocycles. The van der Waals surface area contributed by atoms with E-state index in [0.29, 0.717) is 37.5 Å². The maximum atomic E-state index is 5.36. The first kappa shape index (κ1) is 18.5. The van der Waals surface area contributed by atoms with E-state index in [1.807, 2.05) is 48.5 Å². The lowest BCUT2D eigenvalue weighted by atomic mass is 10.2. The topological polar surface area (TPSA) is 87.9 Å². The van der Waals surface area contributed by atoms with Crippen LogP contribution in [-0.4, -0.2) is 15.0 Å². The van der Waals surface area contributed by atoms with Gasteiger partial charge in [-0.3, -0.25) is 0 Å². The van der Waals surface area contributed by atoms with Gasteiger partial charge in [-0.2, -0.15) is 15.0 Å². The van der Waals surface area contributed by atoms with Crippen molar-refractivity contribution >= 4 is 17.8 Å². The first-order valence-corrected chi connectivity index (χ1v) is 9.43. The van der Waals surface area contributed by atoms with Gasteiger partial charge in [-0.25, -0.2) is 0 Å². The minimum absolute atomic E-state index is 0.475. The van der Waals surface area contributed by atoms with E-state index in [1.165, 1.54) is 0 Å². The van der Waals surface area contributed by atoms with Crippen LogP contribution in [0.4, 0.5) is 17.8 Å². The molecule has 0 radical (unpaired) electrons. The van der Waals surface area contributed by atoms with Gasteiger partial charge in [-0.15, -0.1) is 0 Å². The van der Waals surface area contributed by atoms with Crippen molar-refractivity contribution in [1.82, 2.24) is 15.0 Å². The summed E-state index contributed by atoms with van der Waals surface area (Å²) in [5, 5.41) is 9.72. The van der Waals surface area contributed by atoms with Crippen molar-refractivity contribution in [3.8, 4) is 0 Å². The third kappa shape index (κ3) is 5.55. The Balaban J connectivity index is 1.47. The number of rotatable bonds is 9. The molecule has 0 aliphatic rings. The fourth-order valence-corrected chi connectivity index (χ4v) is 2.75. The highest BCUT2D eigenvalue weighted by atomic mass is 16.3. The Morgan fingerprint density at radius 2 is 1.03 bits per heavy atom. The van der Waals surface area contributed by atoms with Crippen LogP contribution in [0.3, 0.4) is 0 Å². The number of aromatic nitrogens is 3. The van der Waals surface area contributed by atoms with Crippen molar-refractivity contribution in [3.63, 3.8) is 0 Å². The summed E-state index contributed by atoms with van der Waals surface area (Å²) in [7, 11) is 0. The van der Waals surface area contributed by atoms with E-state index in [0.717, 1.165) is 16.9 Å². The lowest BCUT2D eigenvalue weighted by molar-refractivity contribution is 0.517. The number of hydrogen-bond acceptors (Lipinski definition) is 7. The second-order valence-electron chi connectivity index (χ2n) is 6.42. The molecule has 0 saturated carbocycles. The Kier molecular flexibility index (Phi) is 5.97. The highest BCUT2D eigenvalue weighted by Crippen LogP contribution is 2.13. The van der Waals surface area contributed by atoms with Crippen molar-refractivity contribution in [2.24, 2.45) is 0 Å². The average molecular weight is 386 g/mol. The van der Waals surface area contributed by atoms with Crippen LogP contribution in [0.1, 0.15) is 16.9 Å². The Morgan fingerprint density at radius 1 is 0.552 bits per heavy atom. The number of nitrogens with one attached hydrogen (secondary N) is 3. The van der Waals surface area contributed by atoms with Crippen LogP contribution in [0.5, 0.6) is 0 Å². The molecule has 0 bridgehead atoms. The van der Waals surface area contributed by atoms with Crippen molar-refractivity contribution in [2.45, 2.75) is 19.6 Å². The summed E-state index contributed by atoms with van der Waals surface area (Å²) in [5.41, 5.74) is 2.30. The van der Waals surface area contributed by atoms with Crippen LogP contribution in [0.2, 0.25) is 0 Å². The summed E-state index contributed by atoms with van der Waals surface area (Å²) in [6.07, 6.45) is 1.64. The number of benzene rings is 2. The molecule has 7 nitrogen and oxygen atoms in total. The van der Waals surface area contributed by atoms with Gasteiger partial charge in [-0.05, 0) is 23.3 Å². The highest BCUT2D eigenvalue weighted by Gasteiger charge is 2.08. The van der Waals surface area contributed by atoms with E-state index >= 15 is 0 Å². The van der Waals surface area contributed by atoms with Crippen molar-refractivity contribution < 1.29 is 4.42 Å². The van der Waals surface area contributed by atoms with Gasteiger partial charge in [-0.1, -0.05) is 60.7 Å². The molecule has 2 aromatic carbocycles. The second kappa shape index (κ2) is 9.36. The predicted octanol–water partition coefficient (Wildman–Crippen LogP) is 4.30. The highest BCUT2D eigenvalue weighted by molar-refractivity contribution is 5.43. The van der Waals surface area contributed by atoms with Gasteiger partial charge in [0.25, 0.3) is 0 Å². The SMILES string of the molecule is c1ccc(CNc2nc(NCc3ccccc3)nc(NCc3ccco3)n2)cc1. The fraction of sp³-hybridized carbons (Fsp3) is 0.136. The van der Waals surface area contributed by atoms with Gasteiger partial charge >= 0.3 is 0 Å². The molecule has 4 rings (SSSR count). The molecule has 0 spiro atoms. The minimum atomic E-state index is 0.475. The summed E-state index contributed by atoms with van der Waals surface area (Å²) in [5.74, 6) is 2.29. The normalized spacial score (nSPS) is 10.5. The fourth-order valence-electron chi connectivity index (χ4n) is 2.75. The van der Waals surface area contributed by atoms with E-state index in [2.05, 4.69) is 55.2 Å². The zero-order valence-electron chi connectivity index (χ0n) is 15.9. The molecule has 0 fully saturated rings. The first-order chi connectivity index (χ1) is 14.3. The molecular weight excluding hydrogens is 364 g/mol. The van der Waals surface area contributed by atoms with Gasteiger partial charge in [0.1, 0.15) is 5.76 Å². The Morgan fingerprint density at radius 3 is 1.48 bits per heavy atom. The van der Waals surface area contributed by atoms with Crippen molar-refractivity contribution in [2.75, 3.05) is 16.0 Å². The van der Waals surface area contributed by atoms with Crippen LogP contribution in [-0.2, 0) is 19.6 Å². The molecule has 0 aliphatic carbocycles. The third-order valence-electron chi connectivity index (χ3n) is 4.22. The first-order valence-electron chi connectivity index (χ1n) is 9.43. The quantitative estimate of drug-likeness (QED) is 0.395. The average Bonchev–Trinajstić information content (AvgIpc) is 3.30. The molecule has 0 atom stereocenters. The van der Waals surface area contributed by atoms with Gasteiger partial charge < -0.3 is 20.4 Å². The summed E-state index contributed by atoms with van der Waals surface area (Å²) >= 11 is 0. The van der Waals surface area contributed by atoms with E-state index < -0.39 is 0 Å². The zero-order chi connectivity index (χ0) is 19.7. The summed E-state index contributed by atoms with van der Waals surface area (Å²) in [6.45, 7) is 1.74. The van der Waals surface area contributed by atoms with Crippen LogP contribution in [0.25, 0.3) is 0 Å². The van der Waals surface area contributed by atoms with Gasteiger partial charge in [0.15, 0.2) is 0 Å². The van der Waals surface area contributed by atoms with Gasteiger partial charge in [0.05, 0.1) is 12.8 Å². The molecule has 0 saturated heterocycles. The number of anilines is 3. The van der Waals surface area contributed by atoms with Crippen molar-refractivity contribution in [3.05, 3.63) is 95.9 Å². The molecule has 7 heteroatoms. The molecule has 29 heavy (non-hydrogen) atoms. The molecular formula is C22H22N6O. The Labute approximate surface area is 169 Å². The standard InChI is InChI=1S/C22H22N6O/c1-3-8-17(9-4-1)14-23-20-26-21(24-15-18-10-5-2-6-11-18)28-22(27-20)25-16-19-12-7-13-29-19/h1-13H,14-16H2,(H3,23,24,25,26,27,28). The van der Waals surface area contributed by atoms with Crippen LogP contribution < -0.4 is 16.0 Å². The molecule has 146 valence electrons. The van der Waals surface area contributed by atoms with Gasteiger partial charge in [0.2, 0.25) is 17.8 Å². The lowest BCUT2D eigenvalue weighted by Gasteiger charge is -2.11. The van der Waals surface area contributed by atoms with Crippen LogP contribution in [0.15, 0.2) is 83.5 Å². The molecule has 2 aromatic heterocycles. The summed E-state index contributed by atoms with van der Waals surface area (Å²) in [4.78, 5) is 13.5. The maximum Gasteiger partial charge on any atom is 0.229 e. The Bertz CT molecular complexity index is 944. The predicted molar refractivity (Wildman–Crippen MR) is 113 cm³/mol. The Hall–Kier alpha value is -3.87. The van der Waals surface area contributed by atoms with Gasteiger partial charge in [0, 0.05) is 13.1 Å². The molecule has 4 aromatic rings. The van der Waals surface area contributed by atoms with E-state index in [9.17, 15) is 0 Å². The smallest absolute Gasteiger partial charge is 0.229 e. The molecule has 0 amide bonds. The summed E-state index contributed by atoms with van der Waals surface area (Å²) < 4.78 is 5.36. The van der Waals surface area contributed by atoms with E-state index in [4.69, 9.17) is 4.42 Å². The molecule has 2 heterocycles. The zero-order valence-corrected chi connectivity index (χ0v) is 15.9. The van der Waals surface area contributed by atoms with Crippen molar-refractivity contribution in [1.29, 1.82) is 0 Å². The van der Waals surface area contributed by atoms with E-state index in [1.54, 1.807) is 6.26 Å². The molecule has 0 unspecified atom stereocenters. The second-order valence-corrected chi connectivity index (χ2v) is 6.42. The maximum absolute atomic E-state index is 5.36. The molecule has 3 N–H and O–H groups in total. The lowest BCUT2D eigenvalue weighted by Crippen LogP contribution is -2.12. The monoisotopic (exact) mass is 386 g/mol.